The number of aromatic nitrogens is 1. The monoisotopic (exact) mass is 363 g/mol. The molecule has 1 atom stereocenters. The number of carbonyl (C=O) groups is 1. The van der Waals surface area contributed by atoms with Crippen LogP contribution in [0.15, 0.2) is 6.20 Å². The standard InChI is InChI=1S/C13H22N3O7P/c1-8-12(17)10(6-16-11(13(18)19)3-2-4-14)9(5-15-8)7-23-24(20,21)22/h5,11,16-17H,2-4,6-7,14H2,1H3,(H,18,19)(H2,20,21,22)/t11-/m0/s1. The van der Waals surface area contributed by atoms with E-state index < -0.39 is 26.4 Å². The van der Waals surface area contributed by atoms with Crippen molar-refractivity contribution in [1.29, 1.82) is 0 Å². The van der Waals surface area contributed by atoms with Gasteiger partial charge in [0.05, 0.1) is 12.3 Å². The van der Waals surface area contributed by atoms with Gasteiger partial charge in [-0.1, -0.05) is 0 Å². The minimum absolute atomic E-state index is 0.0312. The summed E-state index contributed by atoms with van der Waals surface area (Å²) >= 11 is 0. The Hall–Kier alpha value is -1.55. The van der Waals surface area contributed by atoms with Gasteiger partial charge in [-0.15, -0.1) is 0 Å². The lowest BCUT2D eigenvalue weighted by Crippen LogP contribution is -2.36. The average Bonchev–Trinajstić information content (AvgIpc) is 2.48. The molecule has 0 aliphatic rings. The third-order valence-corrected chi connectivity index (χ3v) is 3.80. The van der Waals surface area contributed by atoms with Crippen LogP contribution in [-0.4, -0.2) is 43.5 Å². The van der Waals surface area contributed by atoms with Crippen molar-refractivity contribution in [2.24, 2.45) is 5.73 Å². The Balaban J connectivity index is 2.93. The first-order valence-electron chi connectivity index (χ1n) is 7.18. The Morgan fingerprint density at radius 2 is 2.17 bits per heavy atom. The lowest BCUT2D eigenvalue weighted by molar-refractivity contribution is -0.139. The molecule has 0 spiro atoms. The van der Waals surface area contributed by atoms with E-state index in [0.717, 1.165) is 0 Å². The summed E-state index contributed by atoms with van der Waals surface area (Å²) < 4.78 is 15.3. The third-order valence-electron chi connectivity index (χ3n) is 3.34. The number of nitrogens with zero attached hydrogens (tertiary/aromatic N) is 1. The molecule has 136 valence electrons. The number of pyridine rings is 1. The molecule has 10 nitrogen and oxygen atoms in total. The lowest BCUT2D eigenvalue weighted by atomic mass is 10.1. The fraction of sp³-hybridized carbons (Fsp3) is 0.538. The molecule has 0 amide bonds. The van der Waals surface area contributed by atoms with Gasteiger partial charge in [0.2, 0.25) is 0 Å². The molecule has 0 bridgehead atoms. The van der Waals surface area contributed by atoms with Gasteiger partial charge < -0.3 is 31.1 Å². The summed E-state index contributed by atoms with van der Waals surface area (Å²) in [5, 5.41) is 22.1. The van der Waals surface area contributed by atoms with Crippen LogP contribution in [0.1, 0.15) is 29.7 Å². The first-order chi connectivity index (χ1) is 11.2. The number of carboxylic acids is 1. The van der Waals surface area contributed by atoms with Crippen LogP contribution in [0.25, 0.3) is 0 Å². The molecule has 0 aliphatic carbocycles. The van der Waals surface area contributed by atoms with E-state index in [1.165, 1.54) is 6.20 Å². The zero-order valence-electron chi connectivity index (χ0n) is 13.2. The predicted molar refractivity (Wildman–Crippen MR) is 84.0 cm³/mol. The molecule has 1 rings (SSSR count). The summed E-state index contributed by atoms with van der Waals surface area (Å²) in [6.45, 7) is 1.40. The predicted octanol–water partition coefficient (Wildman–Crippen LogP) is -0.0134. The Morgan fingerprint density at radius 3 is 2.71 bits per heavy atom. The number of carboxylic acid groups (broad SMARTS) is 1. The molecule has 1 aromatic rings. The highest BCUT2D eigenvalue weighted by molar-refractivity contribution is 7.46. The van der Waals surface area contributed by atoms with Crippen molar-refractivity contribution in [3.63, 3.8) is 0 Å². The molecule has 0 aliphatic heterocycles. The molecule has 0 aromatic carbocycles. The van der Waals surface area contributed by atoms with E-state index in [0.29, 0.717) is 25.1 Å². The molecule has 0 radical (unpaired) electrons. The van der Waals surface area contributed by atoms with Crippen molar-refractivity contribution in [3.05, 3.63) is 23.0 Å². The molecule has 1 aromatic heterocycles. The molecule has 0 saturated carbocycles. The molecular formula is C13H22N3O7P. The van der Waals surface area contributed by atoms with E-state index in [9.17, 15) is 19.6 Å². The first kappa shape index (κ1) is 20.5. The van der Waals surface area contributed by atoms with Gasteiger partial charge in [0.15, 0.2) is 0 Å². The topological polar surface area (TPSA) is 175 Å². The van der Waals surface area contributed by atoms with E-state index in [1.54, 1.807) is 6.92 Å². The normalized spacial score (nSPS) is 13.0. The number of aryl methyl sites for hydroxylation is 1. The zero-order valence-corrected chi connectivity index (χ0v) is 14.1. The van der Waals surface area contributed by atoms with Gasteiger partial charge in [-0.25, -0.2) is 4.57 Å². The van der Waals surface area contributed by atoms with Gasteiger partial charge in [0.1, 0.15) is 11.8 Å². The number of rotatable bonds is 10. The smallest absolute Gasteiger partial charge is 0.469 e. The maximum absolute atomic E-state index is 11.2. The van der Waals surface area contributed by atoms with Crippen LogP contribution >= 0.6 is 7.82 Å². The van der Waals surface area contributed by atoms with Crippen LogP contribution in [0.5, 0.6) is 5.75 Å². The number of aromatic hydroxyl groups is 1. The van der Waals surface area contributed by atoms with Crippen LogP contribution in [-0.2, 0) is 27.0 Å². The molecular weight excluding hydrogens is 341 g/mol. The largest absolute Gasteiger partial charge is 0.506 e. The number of hydrogen-bond donors (Lipinski definition) is 6. The Kier molecular flexibility index (Phi) is 7.74. The highest BCUT2D eigenvalue weighted by Gasteiger charge is 2.21. The van der Waals surface area contributed by atoms with Gasteiger partial charge >= 0.3 is 13.8 Å². The summed E-state index contributed by atoms with van der Waals surface area (Å²) in [4.78, 5) is 32.7. The van der Waals surface area contributed by atoms with Crippen molar-refractivity contribution in [1.82, 2.24) is 10.3 Å². The van der Waals surface area contributed by atoms with Gasteiger partial charge in [-0.05, 0) is 26.3 Å². The van der Waals surface area contributed by atoms with Gasteiger partial charge in [0.25, 0.3) is 0 Å². The maximum Gasteiger partial charge on any atom is 0.469 e. The van der Waals surface area contributed by atoms with Gasteiger partial charge in [-0.3, -0.25) is 14.3 Å². The zero-order chi connectivity index (χ0) is 18.3. The minimum Gasteiger partial charge on any atom is -0.506 e. The molecule has 7 N–H and O–H groups in total. The molecule has 11 heteroatoms. The quantitative estimate of drug-likeness (QED) is 0.310. The second-order valence-corrected chi connectivity index (χ2v) is 6.40. The van der Waals surface area contributed by atoms with E-state index >= 15 is 0 Å². The number of nitrogens with two attached hydrogens (primary N) is 1. The summed E-state index contributed by atoms with van der Waals surface area (Å²) in [7, 11) is -4.68. The van der Waals surface area contributed by atoms with Crippen LogP contribution in [0, 0.1) is 6.92 Å². The summed E-state index contributed by atoms with van der Waals surface area (Å²) in [6, 6.07) is -0.864. The Bertz CT molecular complexity index is 620. The van der Waals surface area contributed by atoms with Crippen LogP contribution in [0.4, 0.5) is 0 Å². The number of nitrogens with one attached hydrogen (secondary N) is 1. The third kappa shape index (κ3) is 6.52. The number of hydrogen-bond acceptors (Lipinski definition) is 7. The van der Waals surface area contributed by atoms with Crippen molar-refractivity contribution in [3.8, 4) is 5.75 Å². The van der Waals surface area contributed by atoms with Crippen molar-refractivity contribution in [2.45, 2.75) is 39.0 Å². The summed E-state index contributed by atoms with van der Waals surface area (Å²) in [6.07, 6.45) is 2.14. The van der Waals surface area contributed by atoms with Crippen LogP contribution in [0.2, 0.25) is 0 Å². The summed E-state index contributed by atoms with van der Waals surface area (Å²) in [5.74, 6) is -1.24. The fourth-order valence-corrected chi connectivity index (χ4v) is 2.33. The number of phosphoric ester groups is 1. The maximum atomic E-state index is 11.2. The van der Waals surface area contributed by atoms with E-state index in [-0.39, 0.29) is 23.4 Å². The van der Waals surface area contributed by atoms with Crippen molar-refractivity contribution >= 4 is 13.8 Å². The van der Waals surface area contributed by atoms with Crippen LogP contribution < -0.4 is 11.1 Å². The van der Waals surface area contributed by atoms with E-state index in [2.05, 4.69) is 14.8 Å². The van der Waals surface area contributed by atoms with Crippen molar-refractivity contribution < 1.29 is 33.9 Å². The van der Waals surface area contributed by atoms with Crippen molar-refractivity contribution in [2.75, 3.05) is 6.54 Å². The summed E-state index contributed by atoms with van der Waals surface area (Å²) in [5.41, 5.74) is 6.20. The molecule has 1 heterocycles. The molecule has 0 unspecified atom stereocenters. The highest BCUT2D eigenvalue weighted by Crippen LogP contribution is 2.38. The Morgan fingerprint density at radius 1 is 1.50 bits per heavy atom. The second kappa shape index (κ2) is 9.07. The van der Waals surface area contributed by atoms with Gasteiger partial charge in [0, 0.05) is 23.9 Å². The number of phosphoric acid groups is 1. The van der Waals surface area contributed by atoms with Gasteiger partial charge in [-0.2, -0.15) is 0 Å². The fourth-order valence-electron chi connectivity index (χ4n) is 2.02. The molecule has 0 fully saturated rings. The van der Waals surface area contributed by atoms with E-state index in [1.807, 2.05) is 0 Å². The lowest BCUT2D eigenvalue weighted by Gasteiger charge is -2.17. The SMILES string of the molecule is Cc1ncc(COP(=O)(O)O)c(CN[C@@H](CCCN)C(=O)O)c1O. The molecule has 24 heavy (non-hydrogen) atoms. The van der Waals surface area contributed by atoms with Crippen LogP contribution in [0.3, 0.4) is 0 Å². The Labute approximate surface area is 138 Å². The van der Waals surface area contributed by atoms with E-state index in [4.69, 9.17) is 15.5 Å². The average molecular weight is 363 g/mol. The first-order valence-corrected chi connectivity index (χ1v) is 8.71. The molecule has 0 saturated heterocycles. The second-order valence-electron chi connectivity index (χ2n) is 5.16. The highest BCUT2D eigenvalue weighted by atomic mass is 31.2. The number of aliphatic carboxylic acids is 1. The minimum atomic E-state index is -4.68.